The number of hydrogen-bond donors (Lipinski definition) is 1. The molecule has 1 aliphatic carbocycles. The number of nitrogen functional groups attached to an aromatic ring is 1. The number of nitrogens with zero attached hydrogens (tertiary/aromatic N) is 3. The number of carbonyl (C=O) groups excluding carboxylic acids is 1. The number of hydrogen-bond acceptors (Lipinski definition) is 6. The summed E-state index contributed by atoms with van der Waals surface area (Å²) in [4.78, 5) is 25.5. The number of rotatable bonds is 3. The highest BCUT2D eigenvalue weighted by Gasteiger charge is 2.30. The quantitative estimate of drug-likeness (QED) is 0.770. The number of ether oxygens (including phenoxy) is 1. The molecule has 0 aliphatic heterocycles. The number of pyridine rings is 1. The number of benzene rings is 1. The van der Waals surface area contributed by atoms with Gasteiger partial charge in [0.2, 0.25) is 5.95 Å². The van der Waals surface area contributed by atoms with E-state index < -0.39 is 0 Å². The minimum Gasteiger partial charge on any atom is -0.495 e. The van der Waals surface area contributed by atoms with Crippen molar-refractivity contribution in [2.24, 2.45) is 0 Å². The lowest BCUT2D eigenvalue weighted by molar-refractivity contribution is 0.0962. The Morgan fingerprint density at radius 3 is 2.78 bits per heavy atom. The van der Waals surface area contributed by atoms with Crippen molar-refractivity contribution in [1.82, 2.24) is 15.0 Å². The number of nitrogens with two attached hydrogens (primary N) is 1. The summed E-state index contributed by atoms with van der Waals surface area (Å²) in [5.41, 5.74) is 10.9. The average molecular weight is 360 g/mol. The minimum absolute atomic E-state index is 0.0288. The molecule has 4 rings (SSSR count). The van der Waals surface area contributed by atoms with E-state index >= 15 is 0 Å². The van der Waals surface area contributed by atoms with E-state index in [9.17, 15) is 4.79 Å². The molecule has 136 valence electrons. The van der Waals surface area contributed by atoms with Crippen molar-refractivity contribution in [3.8, 4) is 16.9 Å². The molecular formula is C21H20N4O2. The van der Waals surface area contributed by atoms with Crippen molar-refractivity contribution < 1.29 is 9.53 Å². The van der Waals surface area contributed by atoms with Crippen LogP contribution in [0.15, 0.2) is 42.7 Å². The summed E-state index contributed by atoms with van der Waals surface area (Å²) in [5.74, 6) is 1.01. The van der Waals surface area contributed by atoms with E-state index in [0.717, 1.165) is 22.4 Å². The van der Waals surface area contributed by atoms with Crippen LogP contribution in [0.1, 0.15) is 39.6 Å². The molecule has 1 atom stereocenters. The van der Waals surface area contributed by atoms with Crippen LogP contribution in [-0.4, -0.2) is 27.8 Å². The zero-order valence-corrected chi connectivity index (χ0v) is 15.3. The van der Waals surface area contributed by atoms with Gasteiger partial charge in [-0.2, -0.15) is 0 Å². The summed E-state index contributed by atoms with van der Waals surface area (Å²) >= 11 is 0. The van der Waals surface area contributed by atoms with E-state index in [1.54, 1.807) is 13.3 Å². The van der Waals surface area contributed by atoms with Gasteiger partial charge in [-0.15, -0.1) is 0 Å². The van der Waals surface area contributed by atoms with Crippen LogP contribution in [0.5, 0.6) is 5.75 Å². The first-order chi connectivity index (χ1) is 13.1. The highest BCUT2D eigenvalue weighted by atomic mass is 16.5. The predicted octanol–water partition coefficient (Wildman–Crippen LogP) is 3.35. The Bertz CT molecular complexity index is 1030. The minimum atomic E-state index is 0.0288. The highest BCUT2D eigenvalue weighted by Crippen LogP contribution is 2.38. The Labute approximate surface area is 157 Å². The van der Waals surface area contributed by atoms with Crippen LogP contribution < -0.4 is 10.5 Å². The molecule has 0 bridgehead atoms. The molecule has 6 nitrogen and oxygen atoms in total. The Morgan fingerprint density at radius 1 is 1.15 bits per heavy atom. The van der Waals surface area contributed by atoms with Crippen LogP contribution in [0.2, 0.25) is 0 Å². The first kappa shape index (κ1) is 17.1. The Morgan fingerprint density at radius 2 is 1.96 bits per heavy atom. The Hall–Kier alpha value is -3.28. The molecule has 2 heterocycles. The van der Waals surface area contributed by atoms with Crippen LogP contribution >= 0.6 is 0 Å². The molecule has 0 saturated carbocycles. The summed E-state index contributed by atoms with van der Waals surface area (Å²) < 4.78 is 5.30. The van der Waals surface area contributed by atoms with Gasteiger partial charge in [0.25, 0.3) is 0 Å². The van der Waals surface area contributed by atoms with E-state index in [-0.39, 0.29) is 17.6 Å². The molecule has 0 spiro atoms. The fraction of sp³-hybridized carbons (Fsp3) is 0.238. The molecule has 2 aromatic heterocycles. The lowest BCUT2D eigenvalue weighted by Gasteiger charge is -2.26. The molecule has 0 amide bonds. The monoisotopic (exact) mass is 360 g/mol. The summed E-state index contributed by atoms with van der Waals surface area (Å²) in [5, 5.41) is 0. The molecule has 0 radical (unpaired) electrons. The van der Waals surface area contributed by atoms with Crippen molar-refractivity contribution in [1.29, 1.82) is 0 Å². The van der Waals surface area contributed by atoms with Gasteiger partial charge in [-0.25, -0.2) is 9.97 Å². The topological polar surface area (TPSA) is 91.0 Å². The lowest BCUT2D eigenvalue weighted by atomic mass is 9.79. The first-order valence-corrected chi connectivity index (χ1v) is 8.81. The first-order valence-electron chi connectivity index (χ1n) is 8.81. The lowest BCUT2D eigenvalue weighted by Crippen LogP contribution is -2.23. The van der Waals surface area contributed by atoms with Gasteiger partial charge in [0, 0.05) is 18.2 Å². The van der Waals surface area contributed by atoms with Crippen LogP contribution in [0.4, 0.5) is 5.95 Å². The fourth-order valence-corrected chi connectivity index (χ4v) is 3.81. The zero-order chi connectivity index (χ0) is 19.0. The fourth-order valence-electron chi connectivity index (χ4n) is 3.81. The number of anilines is 1. The number of Topliss-reactive ketones (excluding diaryl/α,β-unsaturated/α-hetero) is 1. The van der Waals surface area contributed by atoms with Crippen molar-refractivity contribution in [3.63, 3.8) is 0 Å². The van der Waals surface area contributed by atoms with E-state index in [1.807, 2.05) is 37.4 Å². The molecule has 0 fully saturated rings. The van der Waals surface area contributed by atoms with Gasteiger partial charge in [0.05, 0.1) is 30.3 Å². The summed E-state index contributed by atoms with van der Waals surface area (Å²) in [6, 6.07) is 10.0. The molecule has 0 saturated heterocycles. The van der Waals surface area contributed by atoms with Gasteiger partial charge in [-0.3, -0.25) is 9.78 Å². The second kappa shape index (κ2) is 6.79. The predicted molar refractivity (Wildman–Crippen MR) is 103 cm³/mol. The molecular weight excluding hydrogens is 340 g/mol. The third-order valence-corrected chi connectivity index (χ3v) is 4.99. The standard InChI is InChI=1S/C21H20N4O2/c1-12-20-18(25-21(22)24-12)8-13(9-19(20)26)16-5-3-4-6-17(16)14-7-15(27-2)11-23-10-14/h3-7,10-11,13H,8-9H2,1-2H3,(H2,22,24,25). The number of carbonyl (C=O) groups is 1. The van der Waals surface area contributed by atoms with Crippen LogP contribution in [-0.2, 0) is 6.42 Å². The third-order valence-electron chi connectivity index (χ3n) is 4.99. The molecule has 1 aliphatic rings. The van der Waals surface area contributed by atoms with Crippen LogP contribution in [0, 0.1) is 6.92 Å². The Balaban J connectivity index is 1.78. The van der Waals surface area contributed by atoms with Crippen molar-refractivity contribution >= 4 is 11.7 Å². The summed E-state index contributed by atoms with van der Waals surface area (Å²) in [6.07, 6.45) is 4.57. The maximum atomic E-state index is 12.8. The molecule has 2 N–H and O–H groups in total. The van der Waals surface area contributed by atoms with E-state index in [1.165, 1.54) is 0 Å². The molecule has 1 unspecified atom stereocenters. The van der Waals surface area contributed by atoms with Crippen LogP contribution in [0.25, 0.3) is 11.1 Å². The number of ketones is 1. The maximum Gasteiger partial charge on any atom is 0.220 e. The molecule has 27 heavy (non-hydrogen) atoms. The second-order valence-corrected chi connectivity index (χ2v) is 6.72. The molecule has 3 aromatic rings. The number of fused-ring (bicyclic) bond motifs is 1. The van der Waals surface area contributed by atoms with Crippen molar-refractivity contribution in [3.05, 3.63) is 65.2 Å². The molecule has 1 aromatic carbocycles. The number of aromatic nitrogens is 3. The largest absolute Gasteiger partial charge is 0.495 e. The van der Waals surface area contributed by atoms with Gasteiger partial charge in [0.15, 0.2) is 5.78 Å². The van der Waals surface area contributed by atoms with E-state index in [0.29, 0.717) is 29.8 Å². The highest BCUT2D eigenvalue weighted by molar-refractivity contribution is 6.00. The maximum absolute atomic E-state index is 12.8. The van der Waals surface area contributed by atoms with Gasteiger partial charge < -0.3 is 10.5 Å². The third kappa shape index (κ3) is 3.14. The number of methoxy groups -OCH3 is 1. The summed E-state index contributed by atoms with van der Waals surface area (Å²) in [6.45, 7) is 1.81. The van der Waals surface area contributed by atoms with Gasteiger partial charge in [-0.1, -0.05) is 24.3 Å². The summed E-state index contributed by atoms with van der Waals surface area (Å²) in [7, 11) is 1.62. The van der Waals surface area contributed by atoms with E-state index in [4.69, 9.17) is 10.5 Å². The zero-order valence-electron chi connectivity index (χ0n) is 15.3. The normalized spacial score (nSPS) is 16.1. The van der Waals surface area contributed by atoms with Gasteiger partial charge in [-0.05, 0) is 36.5 Å². The van der Waals surface area contributed by atoms with Crippen molar-refractivity contribution in [2.45, 2.75) is 25.7 Å². The number of aryl methyl sites for hydroxylation is 1. The van der Waals surface area contributed by atoms with Gasteiger partial charge >= 0.3 is 0 Å². The average Bonchev–Trinajstić information content (AvgIpc) is 2.67. The smallest absolute Gasteiger partial charge is 0.220 e. The second-order valence-electron chi connectivity index (χ2n) is 6.72. The van der Waals surface area contributed by atoms with E-state index in [2.05, 4.69) is 21.0 Å². The Kier molecular flexibility index (Phi) is 4.32. The SMILES string of the molecule is COc1cncc(-c2ccccc2C2CC(=O)c3c(C)nc(N)nc3C2)c1. The molecule has 6 heteroatoms. The van der Waals surface area contributed by atoms with Crippen LogP contribution in [0.3, 0.4) is 0 Å². The van der Waals surface area contributed by atoms with Gasteiger partial charge in [0.1, 0.15) is 5.75 Å². The van der Waals surface area contributed by atoms with Crippen molar-refractivity contribution in [2.75, 3.05) is 12.8 Å².